The quantitative estimate of drug-likeness (QED) is 0.711. The van der Waals surface area contributed by atoms with Crippen LogP contribution in [0.1, 0.15) is 31.2 Å². The van der Waals surface area contributed by atoms with Gasteiger partial charge in [0.2, 0.25) is 0 Å². The number of nitrogens with zero attached hydrogens (tertiary/aromatic N) is 2. The van der Waals surface area contributed by atoms with Crippen molar-refractivity contribution in [1.29, 1.82) is 0 Å². The molecule has 0 aliphatic heterocycles. The number of aromatic nitrogens is 3. The van der Waals surface area contributed by atoms with Crippen molar-refractivity contribution in [3.05, 3.63) is 11.4 Å². The number of carboxylic acids is 1. The molecule has 0 unspecified atom stereocenters. The van der Waals surface area contributed by atoms with E-state index < -0.39 is 11.4 Å². The van der Waals surface area contributed by atoms with E-state index in [0.29, 0.717) is 18.5 Å². The minimum Gasteiger partial charge on any atom is -0.481 e. The molecule has 1 aromatic rings. The molecule has 2 N–H and O–H groups in total. The van der Waals surface area contributed by atoms with Gasteiger partial charge in [0.25, 0.3) is 0 Å². The molecule has 0 aromatic carbocycles. The normalized spacial score (nSPS) is 18.5. The van der Waals surface area contributed by atoms with Crippen molar-refractivity contribution in [2.75, 3.05) is 0 Å². The van der Waals surface area contributed by atoms with Gasteiger partial charge in [0.1, 0.15) is 11.1 Å². The van der Waals surface area contributed by atoms with Crippen molar-refractivity contribution < 1.29 is 9.90 Å². The van der Waals surface area contributed by atoms with Crippen LogP contribution in [-0.2, 0) is 16.6 Å². The van der Waals surface area contributed by atoms with Gasteiger partial charge in [0, 0.05) is 0 Å². The Kier molecular flexibility index (Phi) is 1.61. The summed E-state index contributed by atoms with van der Waals surface area (Å²) in [6, 6.07) is 0. The number of aryl methyl sites for hydroxylation is 1. The fourth-order valence-corrected chi connectivity index (χ4v) is 1.56. The van der Waals surface area contributed by atoms with E-state index in [4.69, 9.17) is 5.11 Å². The molecule has 0 spiro atoms. The lowest BCUT2D eigenvalue weighted by Crippen LogP contribution is -2.21. The zero-order valence-electron chi connectivity index (χ0n) is 7.37. The first-order valence-corrected chi connectivity index (χ1v) is 4.34. The first-order chi connectivity index (χ1) is 6.20. The Labute approximate surface area is 75.2 Å². The van der Waals surface area contributed by atoms with E-state index in [1.807, 2.05) is 6.92 Å². The number of rotatable bonds is 3. The zero-order valence-corrected chi connectivity index (χ0v) is 7.37. The van der Waals surface area contributed by atoms with Gasteiger partial charge >= 0.3 is 5.97 Å². The summed E-state index contributed by atoms with van der Waals surface area (Å²) >= 11 is 0. The van der Waals surface area contributed by atoms with Gasteiger partial charge in [-0.05, 0) is 19.3 Å². The predicted molar refractivity (Wildman–Crippen MR) is 44.3 cm³/mol. The highest BCUT2D eigenvalue weighted by Crippen LogP contribution is 2.48. The third kappa shape index (κ3) is 1.03. The molecular formula is C8H11N3O2. The maximum Gasteiger partial charge on any atom is 0.315 e. The zero-order chi connectivity index (χ0) is 9.47. The Hall–Kier alpha value is -1.39. The molecule has 70 valence electrons. The van der Waals surface area contributed by atoms with E-state index in [1.54, 1.807) is 0 Å². The summed E-state index contributed by atoms with van der Waals surface area (Å²) in [6.45, 7) is 1.94. The highest BCUT2D eigenvalue weighted by atomic mass is 16.4. The van der Waals surface area contributed by atoms with Crippen LogP contribution in [0, 0.1) is 0 Å². The molecule has 1 aliphatic carbocycles. The summed E-state index contributed by atoms with van der Waals surface area (Å²) in [4.78, 5) is 11.0. The Morgan fingerprint density at radius 2 is 2.31 bits per heavy atom. The van der Waals surface area contributed by atoms with Gasteiger partial charge in [-0.3, -0.25) is 4.79 Å². The molecule has 0 saturated heterocycles. The molecule has 1 aliphatic rings. The third-order valence-electron chi connectivity index (χ3n) is 2.57. The summed E-state index contributed by atoms with van der Waals surface area (Å²) in [6.07, 6.45) is 2.09. The van der Waals surface area contributed by atoms with Crippen molar-refractivity contribution in [3.8, 4) is 0 Å². The second-order valence-corrected chi connectivity index (χ2v) is 3.36. The Bertz CT molecular complexity index is 341. The molecular weight excluding hydrogens is 170 g/mol. The van der Waals surface area contributed by atoms with E-state index in [0.717, 1.165) is 12.1 Å². The van der Waals surface area contributed by atoms with Gasteiger partial charge in [0.15, 0.2) is 0 Å². The van der Waals surface area contributed by atoms with Crippen LogP contribution < -0.4 is 0 Å². The van der Waals surface area contributed by atoms with Crippen molar-refractivity contribution in [2.45, 2.75) is 31.6 Å². The largest absolute Gasteiger partial charge is 0.481 e. The molecule has 5 heteroatoms. The number of hydrogen-bond acceptors (Lipinski definition) is 3. The molecule has 0 radical (unpaired) electrons. The maximum atomic E-state index is 11.0. The van der Waals surface area contributed by atoms with Crippen molar-refractivity contribution in [3.63, 3.8) is 0 Å². The van der Waals surface area contributed by atoms with Crippen molar-refractivity contribution >= 4 is 5.97 Å². The molecule has 1 saturated carbocycles. The second kappa shape index (κ2) is 2.55. The summed E-state index contributed by atoms with van der Waals surface area (Å²) in [7, 11) is 0. The fourth-order valence-electron chi connectivity index (χ4n) is 1.56. The number of H-pyrrole nitrogens is 1. The van der Waals surface area contributed by atoms with E-state index in [1.165, 1.54) is 0 Å². The molecule has 0 atom stereocenters. The number of aromatic amines is 1. The average molecular weight is 181 g/mol. The molecule has 1 heterocycles. The summed E-state index contributed by atoms with van der Waals surface area (Å²) < 4.78 is 0. The van der Waals surface area contributed by atoms with Crippen LogP contribution in [0.3, 0.4) is 0 Å². The van der Waals surface area contributed by atoms with Gasteiger partial charge in [0.05, 0.1) is 5.69 Å². The van der Waals surface area contributed by atoms with Gasteiger partial charge < -0.3 is 5.11 Å². The standard InChI is InChI=1S/C8H11N3O2/c1-2-5-6(10-11-9-5)8(3-4-8)7(12)13/h2-4H2,1H3,(H,12,13)(H,9,10,11). The summed E-state index contributed by atoms with van der Waals surface area (Å²) in [5, 5.41) is 19.4. The minimum absolute atomic E-state index is 0.627. The lowest BCUT2D eigenvalue weighted by Gasteiger charge is -2.05. The van der Waals surface area contributed by atoms with E-state index >= 15 is 0 Å². The van der Waals surface area contributed by atoms with Gasteiger partial charge in [-0.25, -0.2) is 0 Å². The summed E-state index contributed by atoms with van der Waals surface area (Å²) in [5.41, 5.74) is 0.681. The van der Waals surface area contributed by atoms with Gasteiger partial charge in [-0.2, -0.15) is 15.4 Å². The molecule has 0 amide bonds. The van der Waals surface area contributed by atoms with Crippen molar-refractivity contribution in [2.24, 2.45) is 0 Å². The first-order valence-electron chi connectivity index (χ1n) is 4.34. The number of hydrogen-bond donors (Lipinski definition) is 2. The molecule has 1 fully saturated rings. The fraction of sp³-hybridized carbons (Fsp3) is 0.625. The van der Waals surface area contributed by atoms with Gasteiger partial charge in [-0.1, -0.05) is 6.92 Å². The predicted octanol–water partition coefficient (Wildman–Crippen LogP) is 0.483. The SMILES string of the molecule is CCc1n[nH]nc1C1(C(=O)O)CC1. The van der Waals surface area contributed by atoms with Crippen LogP contribution in [0.4, 0.5) is 0 Å². The number of carboxylic acid groups (broad SMARTS) is 1. The summed E-state index contributed by atoms with van der Waals surface area (Å²) in [5.74, 6) is -0.781. The van der Waals surface area contributed by atoms with Crippen LogP contribution in [0.15, 0.2) is 0 Å². The van der Waals surface area contributed by atoms with Crippen LogP contribution in [0.5, 0.6) is 0 Å². The van der Waals surface area contributed by atoms with Gasteiger partial charge in [-0.15, -0.1) is 0 Å². The van der Waals surface area contributed by atoms with E-state index in [-0.39, 0.29) is 0 Å². The highest BCUT2D eigenvalue weighted by molar-refractivity contribution is 5.84. The topological polar surface area (TPSA) is 78.9 Å². The Balaban J connectivity index is 2.40. The number of carbonyl (C=O) groups is 1. The van der Waals surface area contributed by atoms with Crippen molar-refractivity contribution in [1.82, 2.24) is 15.4 Å². The van der Waals surface area contributed by atoms with Crippen LogP contribution in [-0.4, -0.2) is 26.5 Å². The third-order valence-corrected chi connectivity index (χ3v) is 2.57. The second-order valence-electron chi connectivity index (χ2n) is 3.36. The lowest BCUT2D eigenvalue weighted by molar-refractivity contribution is -0.140. The highest BCUT2D eigenvalue weighted by Gasteiger charge is 2.55. The van der Waals surface area contributed by atoms with E-state index in [2.05, 4.69) is 15.4 Å². The van der Waals surface area contributed by atoms with Crippen LogP contribution >= 0.6 is 0 Å². The van der Waals surface area contributed by atoms with Crippen LogP contribution in [0.25, 0.3) is 0 Å². The molecule has 1 aromatic heterocycles. The monoisotopic (exact) mass is 181 g/mol. The Morgan fingerprint density at radius 3 is 2.77 bits per heavy atom. The van der Waals surface area contributed by atoms with E-state index in [9.17, 15) is 4.79 Å². The maximum absolute atomic E-state index is 11.0. The molecule has 0 bridgehead atoms. The average Bonchev–Trinajstić information content (AvgIpc) is 2.78. The molecule has 13 heavy (non-hydrogen) atoms. The number of nitrogens with one attached hydrogen (secondary N) is 1. The lowest BCUT2D eigenvalue weighted by atomic mass is 10.0. The Morgan fingerprint density at radius 1 is 1.62 bits per heavy atom. The molecule has 2 rings (SSSR count). The van der Waals surface area contributed by atoms with Crippen LogP contribution in [0.2, 0.25) is 0 Å². The smallest absolute Gasteiger partial charge is 0.315 e. The number of aliphatic carboxylic acids is 1. The first kappa shape index (κ1) is 8.22. The molecule has 5 nitrogen and oxygen atoms in total. The minimum atomic E-state index is -0.781.